The quantitative estimate of drug-likeness (QED) is 0.190. The number of pyridine rings is 2. The van der Waals surface area contributed by atoms with Gasteiger partial charge in [0.1, 0.15) is 17.2 Å². The van der Waals surface area contributed by atoms with Gasteiger partial charge in [0, 0.05) is 59.2 Å². The van der Waals surface area contributed by atoms with Gasteiger partial charge in [-0.2, -0.15) is 4.98 Å². The van der Waals surface area contributed by atoms with Gasteiger partial charge in [-0.25, -0.2) is 15.0 Å². The summed E-state index contributed by atoms with van der Waals surface area (Å²) in [5.41, 5.74) is 3.25. The Kier molecular flexibility index (Phi) is 7.46. The van der Waals surface area contributed by atoms with Crippen molar-refractivity contribution in [2.45, 2.75) is 25.4 Å². The van der Waals surface area contributed by atoms with Crippen LogP contribution >= 0.6 is 11.3 Å². The molecule has 0 atom stereocenters. The van der Waals surface area contributed by atoms with Gasteiger partial charge in [-0.05, 0) is 68.4 Å². The summed E-state index contributed by atoms with van der Waals surface area (Å²) in [4.78, 5) is 36.4. The van der Waals surface area contributed by atoms with Crippen LogP contribution in [0.1, 0.15) is 18.7 Å². The van der Waals surface area contributed by atoms with Crippen molar-refractivity contribution < 1.29 is 0 Å². The Hall–Kier alpha value is -5.14. The first-order valence-corrected chi connectivity index (χ1v) is 14.9. The van der Waals surface area contributed by atoms with Gasteiger partial charge in [-0.15, -0.1) is 11.3 Å². The van der Waals surface area contributed by atoms with E-state index in [0.717, 1.165) is 42.4 Å². The highest BCUT2D eigenvalue weighted by Gasteiger charge is 2.17. The predicted octanol–water partition coefficient (Wildman–Crippen LogP) is 4.53. The summed E-state index contributed by atoms with van der Waals surface area (Å²) >= 11 is 1.49. The van der Waals surface area contributed by atoms with Crippen molar-refractivity contribution in [2.24, 2.45) is 0 Å². The van der Waals surface area contributed by atoms with Gasteiger partial charge in [0.05, 0.1) is 18.4 Å². The zero-order valence-corrected chi connectivity index (χ0v) is 24.0. The second kappa shape index (κ2) is 12.0. The van der Waals surface area contributed by atoms with Crippen LogP contribution in [0.15, 0.2) is 89.8 Å². The van der Waals surface area contributed by atoms with Crippen molar-refractivity contribution >= 4 is 51.1 Å². The van der Waals surface area contributed by atoms with E-state index in [1.165, 1.54) is 11.3 Å². The fourth-order valence-corrected chi connectivity index (χ4v) is 5.78. The van der Waals surface area contributed by atoms with E-state index in [-0.39, 0.29) is 12.1 Å². The summed E-state index contributed by atoms with van der Waals surface area (Å²) in [6, 6.07) is 14.0. The summed E-state index contributed by atoms with van der Waals surface area (Å²) in [5.74, 6) is 1.04. The van der Waals surface area contributed by atoms with Crippen LogP contribution in [0.2, 0.25) is 0 Å². The number of rotatable bonds is 9. The van der Waals surface area contributed by atoms with E-state index in [9.17, 15) is 4.79 Å². The summed E-state index contributed by atoms with van der Waals surface area (Å²) in [7, 11) is 0. The number of aromatic nitrogens is 7. The monoisotopic (exact) mass is 591 g/mol. The number of imidazole rings is 1. The van der Waals surface area contributed by atoms with Crippen molar-refractivity contribution in [3.05, 3.63) is 101 Å². The zero-order chi connectivity index (χ0) is 29.0. The average molecular weight is 592 g/mol. The van der Waals surface area contributed by atoms with Gasteiger partial charge in [0.2, 0.25) is 5.95 Å². The zero-order valence-electron chi connectivity index (χ0n) is 23.1. The minimum atomic E-state index is -0.247. The molecule has 0 saturated carbocycles. The standard InChI is InChI=1S/C30H29N11OS/c42-28-25(37-24-2-1-9-32-18-24)16-20-17-35-29(38-22-5-3-21(4-6-22)36-23-7-10-31-11-8-23)39-27(20)41(28)19-26-33-12-14-40(26)30-34-13-15-43-30/h1-6,9,12-18,23,31,36-37H,7-8,10-11,19H2,(H,35,38,39). The molecule has 0 aliphatic carbocycles. The molecule has 0 unspecified atom stereocenters. The highest BCUT2D eigenvalue weighted by molar-refractivity contribution is 7.12. The van der Waals surface area contributed by atoms with Crippen molar-refractivity contribution in [1.29, 1.82) is 0 Å². The van der Waals surface area contributed by atoms with E-state index >= 15 is 0 Å². The lowest BCUT2D eigenvalue weighted by Crippen LogP contribution is -2.35. The number of hydrogen-bond donors (Lipinski definition) is 4. The maximum atomic E-state index is 13.9. The Morgan fingerprint density at radius 2 is 1.79 bits per heavy atom. The number of piperidine rings is 1. The van der Waals surface area contributed by atoms with Crippen LogP contribution in [-0.4, -0.2) is 53.2 Å². The highest BCUT2D eigenvalue weighted by atomic mass is 32.1. The molecule has 1 saturated heterocycles. The largest absolute Gasteiger partial charge is 0.382 e. The molecule has 1 aromatic carbocycles. The molecular formula is C30H29N11OS. The number of nitrogens with zero attached hydrogens (tertiary/aromatic N) is 7. The van der Waals surface area contributed by atoms with E-state index in [2.05, 4.69) is 53.3 Å². The maximum absolute atomic E-state index is 13.9. The minimum Gasteiger partial charge on any atom is -0.382 e. The lowest BCUT2D eigenvalue weighted by Gasteiger charge is -2.24. The van der Waals surface area contributed by atoms with Crippen molar-refractivity contribution in [3.63, 3.8) is 0 Å². The van der Waals surface area contributed by atoms with E-state index in [4.69, 9.17) is 4.98 Å². The van der Waals surface area contributed by atoms with E-state index in [1.54, 1.807) is 41.6 Å². The van der Waals surface area contributed by atoms with Gasteiger partial charge in [0.25, 0.3) is 5.56 Å². The molecule has 0 spiro atoms. The van der Waals surface area contributed by atoms with Crippen LogP contribution in [-0.2, 0) is 6.54 Å². The highest BCUT2D eigenvalue weighted by Crippen LogP contribution is 2.23. The number of nitrogens with one attached hydrogen (secondary N) is 4. The Bertz CT molecular complexity index is 1880. The third-order valence-electron chi connectivity index (χ3n) is 7.26. The van der Waals surface area contributed by atoms with Gasteiger partial charge >= 0.3 is 0 Å². The fraction of sp³-hybridized carbons (Fsp3) is 0.200. The average Bonchev–Trinajstić information content (AvgIpc) is 3.74. The Balaban J connectivity index is 1.22. The molecule has 1 aliphatic rings. The van der Waals surface area contributed by atoms with Crippen LogP contribution < -0.4 is 26.8 Å². The van der Waals surface area contributed by atoms with Crippen molar-refractivity contribution in [1.82, 2.24) is 39.4 Å². The lowest BCUT2D eigenvalue weighted by atomic mass is 10.1. The van der Waals surface area contributed by atoms with E-state index < -0.39 is 0 Å². The summed E-state index contributed by atoms with van der Waals surface area (Å²) in [6.45, 7) is 2.25. The Morgan fingerprint density at radius 1 is 0.930 bits per heavy atom. The second-order valence-electron chi connectivity index (χ2n) is 10.2. The lowest BCUT2D eigenvalue weighted by molar-refractivity contribution is 0.479. The molecule has 6 heterocycles. The molecule has 12 nitrogen and oxygen atoms in total. The molecule has 0 bridgehead atoms. The normalized spacial score (nSPS) is 13.7. The fourth-order valence-electron chi connectivity index (χ4n) is 5.13. The Labute approximate surface area is 250 Å². The molecule has 0 radical (unpaired) electrons. The minimum absolute atomic E-state index is 0.179. The number of fused-ring (bicyclic) bond motifs is 1. The van der Waals surface area contributed by atoms with E-state index in [1.807, 2.05) is 40.4 Å². The predicted molar refractivity (Wildman–Crippen MR) is 169 cm³/mol. The summed E-state index contributed by atoms with van der Waals surface area (Å²) < 4.78 is 3.49. The molecule has 43 heavy (non-hydrogen) atoms. The van der Waals surface area contributed by atoms with Crippen molar-refractivity contribution in [2.75, 3.05) is 29.0 Å². The first-order valence-electron chi connectivity index (χ1n) is 14.0. The molecule has 1 aliphatic heterocycles. The van der Waals surface area contributed by atoms with Crippen LogP contribution in [0.5, 0.6) is 0 Å². The van der Waals surface area contributed by atoms with Crippen LogP contribution in [0.25, 0.3) is 16.2 Å². The van der Waals surface area contributed by atoms with Crippen LogP contribution in [0.3, 0.4) is 0 Å². The first kappa shape index (κ1) is 26.7. The first-order chi connectivity index (χ1) is 21.2. The molecule has 4 N–H and O–H groups in total. The molecule has 6 aromatic rings. The molecule has 1 fully saturated rings. The van der Waals surface area contributed by atoms with E-state index in [0.29, 0.717) is 40.2 Å². The molecule has 5 aromatic heterocycles. The van der Waals surface area contributed by atoms with Gasteiger partial charge in [0.15, 0.2) is 5.13 Å². The summed E-state index contributed by atoms with van der Waals surface area (Å²) in [6.07, 6.45) is 12.6. The molecule has 7 rings (SSSR count). The molecule has 13 heteroatoms. The SMILES string of the molecule is O=c1c(Nc2cccnc2)cc2cnc(Nc3ccc(NC4CCNCC4)cc3)nc2n1Cc1nccn1-c1nccs1. The third-order valence-corrected chi connectivity index (χ3v) is 8.03. The molecular weight excluding hydrogens is 562 g/mol. The Morgan fingerprint density at radius 3 is 2.58 bits per heavy atom. The smallest absolute Gasteiger partial charge is 0.276 e. The third kappa shape index (κ3) is 5.94. The number of thiazole rings is 1. The van der Waals surface area contributed by atoms with Gasteiger partial charge in [-0.3, -0.25) is 18.9 Å². The second-order valence-corrected chi connectivity index (χ2v) is 11.1. The topological polar surface area (TPSA) is 140 Å². The molecule has 0 amide bonds. The number of hydrogen-bond acceptors (Lipinski definition) is 11. The van der Waals surface area contributed by atoms with Gasteiger partial charge in [-0.1, -0.05) is 0 Å². The van der Waals surface area contributed by atoms with Crippen LogP contribution in [0.4, 0.5) is 28.7 Å². The summed E-state index contributed by atoms with van der Waals surface area (Å²) in [5, 5.41) is 16.9. The number of anilines is 5. The van der Waals surface area contributed by atoms with Crippen LogP contribution in [0, 0.1) is 0 Å². The molecule has 216 valence electrons. The number of benzene rings is 1. The van der Waals surface area contributed by atoms with Gasteiger partial charge < -0.3 is 21.3 Å². The van der Waals surface area contributed by atoms with Crippen molar-refractivity contribution in [3.8, 4) is 5.13 Å². The maximum Gasteiger partial charge on any atom is 0.276 e.